The molecular weight excluding hydrogens is 302 g/mol. The number of rotatable bonds is 2. The molecule has 1 saturated heterocycles. The van der Waals surface area contributed by atoms with Gasteiger partial charge in [-0.3, -0.25) is 4.79 Å². The number of hydrogen-bond acceptors (Lipinski definition) is 2. The fraction of sp³-hybridized carbons (Fsp3) is 0.579. The molecule has 0 radical (unpaired) electrons. The maximum atomic E-state index is 12.0. The molecule has 3 rings (SSSR count). The Labute approximate surface area is 143 Å². The summed E-state index contributed by atoms with van der Waals surface area (Å²) in [6.45, 7) is 5.63. The average Bonchev–Trinajstić information content (AvgIpc) is 2.87. The summed E-state index contributed by atoms with van der Waals surface area (Å²) in [5.74, 6) is 0.243. The van der Waals surface area contributed by atoms with Crippen molar-refractivity contribution in [3.05, 3.63) is 34.9 Å². The van der Waals surface area contributed by atoms with Gasteiger partial charge in [-0.05, 0) is 37.3 Å². The summed E-state index contributed by atoms with van der Waals surface area (Å²) in [5.41, 5.74) is 3.90. The zero-order valence-corrected chi connectivity index (χ0v) is 14.8. The largest absolute Gasteiger partial charge is 0.343 e. The molecule has 1 aromatic rings. The first-order chi connectivity index (χ1) is 11.5. The molecule has 1 aromatic carbocycles. The van der Waals surface area contributed by atoms with Gasteiger partial charge >= 0.3 is 6.03 Å². The molecule has 2 N–H and O–H groups in total. The van der Waals surface area contributed by atoms with Crippen molar-refractivity contribution in [2.75, 3.05) is 20.1 Å². The standard InChI is InChI=1S/C19H27N3O2/c1-4-17(23)22-9-7-19(8-10-22)12-16(21-18(24)20-3)14-11-13(2)5-6-15(14)19/h5-6,11,16H,4,7-10,12H2,1-3H3,(H2,20,21,24)/t16-/m0/s1. The number of nitrogens with one attached hydrogen (secondary N) is 2. The molecule has 1 aliphatic carbocycles. The second kappa shape index (κ2) is 6.46. The van der Waals surface area contributed by atoms with E-state index in [1.165, 1.54) is 16.7 Å². The molecule has 0 unspecified atom stereocenters. The molecule has 0 aromatic heterocycles. The first kappa shape index (κ1) is 16.8. The smallest absolute Gasteiger partial charge is 0.315 e. The van der Waals surface area contributed by atoms with Crippen LogP contribution in [-0.4, -0.2) is 37.0 Å². The lowest BCUT2D eigenvalue weighted by atomic mass is 9.73. The topological polar surface area (TPSA) is 61.4 Å². The number of urea groups is 1. The van der Waals surface area contributed by atoms with Gasteiger partial charge in [0, 0.05) is 32.0 Å². The Kier molecular flexibility index (Phi) is 4.52. The van der Waals surface area contributed by atoms with Crippen molar-refractivity contribution >= 4 is 11.9 Å². The lowest BCUT2D eigenvalue weighted by molar-refractivity contribution is -0.132. The summed E-state index contributed by atoms with van der Waals surface area (Å²) >= 11 is 0. The Balaban J connectivity index is 1.86. The van der Waals surface area contributed by atoms with Gasteiger partial charge in [0.2, 0.25) is 5.91 Å². The molecule has 3 amide bonds. The zero-order chi connectivity index (χ0) is 17.3. The van der Waals surface area contributed by atoms with Crippen LogP contribution in [-0.2, 0) is 10.2 Å². The third-order valence-corrected chi connectivity index (χ3v) is 5.66. The number of amides is 3. The van der Waals surface area contributed by atoms with Crippen LogP contribution in [0.15, 0.2) is 18.2 Å². The number of aryl methyl sites for hydroxylation is 1. The Morgan fingerprint density at radius 1 is 1.29 bits per heavy atom. The lowest BCUT2D eigenvalue weighted by Gasteiger charge is -2.40. The van der Waals surface area contributed by atoms with Crippen molar-refractivity contribution in [1.29, 1.82) is 0 Å². The van der Waals surface area contributed by atoms with E-state index >= 15 is 0 Å². The van der Waals surface area contributed by atoms with Crippen LogP contribution in [0.5, 0.6) is 0 Å². The van der Waals surface area contributed by atoms with Gasteiger partial charge in [-0.2, -0.15) is 0 Å². The minimum absolute atomic E-state index is 0.0493. The highest BCUT2D eigenvalue weighted by Crippen LogP contribution is 2.51. The number of carbonyl (C=O) groups excluding carboxylic acids is 2. The van der Waals surface area contributed by atoms with Crippen molar-refractivity contribution in [3.8, 4) is 0 Å². The minimum atomic E-state index is -0.136. The van der Waals surface area contributed by atoms with Crippen LogP contribution in [0.2, 0.25) is 0 Å². The van der Waals surface area contributed by atoms with Crippen molar-refractivity contribution in [3.63, 3.8) is 0 Å². The second-order valence-corrected chi connectivity index (χ2v) is 7.09. The third-order valence-electron chi connectivity index (χ3n) is 5.66. The third kappa shape index (κ3) is 2.87. The molecule has 5 nitrogen and oxygen atoms in total. The van der Waals surface area contributed by atoms with Gasteiger partial charge in [-0.25, -0.2) is 4.79 Å². The van der Waals surface area contributed by atoms with Crippen LogP contribution in [0.4, 0.5) is 4.79 Å². The van der Waals surface area contributed by atoms with Gasteiger partial charge in [-0.1, -0.05) is 30.7 Å². The summed E-state index contributed by atoms with van der Waals surface area (Å²) in [7, 11) is 1.64. The van der Waals surface area contributed by atoms with Crippen LogP contribution >= 0.6 is 0 Å². The first-order valence-electron chi connectivity index (χ1n) is 8.86. The summed E-state index contributed by atoms with van der Waals surface area (Å²) in [4.78, 5) is 25.8. The highest BCUT2D eigenvalue weighted by Gasteiger charge is 2.46. The van der Waals surface area contributed by atoms with Crippen molar-refractivity contribution in [2.24, 2.45) is 0 Å². The van der Waals surface area contributed by atoms with E-state index in [0.717, 1.165) is 32.4 Å². The average molecular weight is 329 g/mol. The van der Waals surface area contributed by atoms with Gasteiger partial charge in [0.15, 0.2) is 0 Å². The fourth-order valence-corrected chi connectivity index (χ4v) is 4.30. The maximum absolute atomic E-state index is 12.0. The molecule has 1 atom stereocenters. The van der Waals surface area contributed by atoms with E-state index in [1.54, 1.807) is 7.05 Å². The summed E-state index contributed by atoms with van der Waals surface area (Å²) in [5, 5.41) is 5.75. The molecule has 1 aliphatic heterocycles. The quantitative estimate of drug-likeness (QED) is 0.876. The predicted octanol–water partition coefficient (Wildman–Crippen LogP) is 2.64. The van der Waals surface area contributed by atoms with Crippen LogP contribution < -0.4 is 10.6 Å². The van der Waals surface area contributed by atoms with Gasteiger partial charge in [-0.15, -0.1) is 0 Å². The van der Waals surface area contributed by atoms with E-state index in [-0.39, 0.29) is 23.4 Å². The van der Waals surface area contributed by atoms with Crippen molar-refractivity contribution < 1.29 is 9.59 Å². The number of fused-ring (bicyclic) bond motifs is 2. The zero-order valence-electron chi connectivity index (χ0n) is 14.8. The van der Waals surface area contributed by atoms with E-state index in [9.17, 15) is 9.59 Å². The van der Waals surface area contributed by atoms with Gasteiger partial charge in [0.05, 0.1) is 6.04 Å². The number of benzene rings is 1. The number of nitrogens with zero attached hydrogens (tertiary/aromatic N) is 1. The SMILES string of the molecule is CCC(=O)N1CCC2(CC1)C[C@H](NC(=O)NC)c1cc(C)ccc12. The molecular formula is C19H27N3O2. The summed E-state index contributed by atoms with van der Waals surface area (Å²) < 4.78 is 0. The Morgan fingerprint density at radius 3 is 2.62 bits per heavy atom. The molecule has 24 heavy (non-hydrogen) atoms. The van der Waals surface area contributed by atoms with Crippen LogP contribution in [0.1, 0.15) is 55.3 Å². The van der Waals surface area contributed by atoms with E-state index in [0.29, 0.717) is 6.42 Å². The van der Waals surface area contributed by atoms with Gasteiger partial charge in [0.25, 0.3) is 0 Å². The second-order valence-electron chi connectivity index (χ2n) is 7.09. The Hall–Kier alpha value is -2.04. The number of likely N-dealkylation sites (tertiary alicyclic amines) is 1. The predicted molar refractivity (Wildman–Crippen MR) is 93.9 cm³/mol. The summed E-state index contributed by atoms with van der Waals surface area (Å²) in [6.07, 6.45) is 3.44. The highest BCUT2D eigenvalue weighted by molar-refractivity contribution is 5.76. The highest BCUT2D eigenvalue weighted by atomic mass is 16.2. The van der Waals surface area contributed by atoms with Crippen LogP contribution in [0, 0.1) is 6.92 Å². The molecule has 0 saturated carbocycles. The van der Waals surface area contributed by atoms with Crippen LogP contribution in [0.25, 0.3) is 0 Å². The molecule has 130 valence electrons. The van der Waals surface area contributed by atoms with Gasteiger partial charge < -0.3 is 15.5 Å². The number of hydrogen-bond donors (Lipinski definition) is 2. The number of carbonyl (C=O) groups is 2. The van der Waals surface area contributed by atoms with E-state index in [1.807, 2.05) is 11.8 Å². The van der Waals surface area contributed by atoms with E-state index in [4.69, 9.17) is 0 Å². The monoisotopic (exact) mass is 329 g/mol. The summed E-state index contributed by atoms with van der Waals surface area (Å²) in [6, 6.07) is 6.50. The molecule has 1 fully saturated rings. The Morgan fingerprint density at radius 2 is 2.00 bits per heavy atom. The van der Waals surface area contributed by atoms with Crippen LogP contribution in [0.3, 0.4) is 0 Å². The minimum Gasteiger partial charge on any atom is -0.343 e. The molecule has 1 heterocycles. The fourth-order valence-electron chi connectivity index (χ4n) is 4.30. The van der Waals surface area contributed by atoms with E-state index < -0.39 is 0 Å². The van der Waals surface area contributed by atoms with Crippen molar-refractivity contribution in [2.45, 2.75) is 51.0 Å². The maximum Gasteiger partial charge on any atom is 0.315 e. The van der Waals surface area contributed by atoms with Gasteiger partial charge in [0.1, 0.15) is 0 Å². The Bertz CT molecular complexity index is 648. The first-order valence-corrected chi connectivity index (χ1v) is 8.86. The van der Waals surface area contributed by atoms with E-state index in [2.05, 4.69) is 35.8 Å². The molecule has 1 spiro atoms. The number of piperidine rings is 1. The van der Waals surface area contributed by atoms with Crippen molar-refractivity contribution in [1.82, 2.24) is 15.5 Å². The molecule has 5 heteroatoms. The normalized spacial score (nSPS) is 21.5. The molecule has 2 aliphatic rings. The lowest BCUT2D eigenvalue weighted by Crippen LogP contribution is -2.44. The molecule has 0 bridgehead atoms.